The number of halogens is 1. The molecule has 1 aromatic heterocycles. The number of ether oxygens (including phenoxy) is 2. The van der Waals surface area contributed by atoms with Crippen molar-refractivity contribution in [2.45, 2.75) is 13.5 Å². The fraction of sp³-hybridized carbons (Fsp3) is 0.105. The fourth-order valence-corrected chi connectivity index (χ4v) is 2.47. The Morgan fingerprint density at radius 1 is 1.17 bits per heavy atom. The second-order valence-corrected chi connectivity index (χ2v) is 5.86. The Hall–Kier alpha value is -4.08. The fourth-order valence-electron chi connectivity index (χ4n) is 2.47. The molecule has 148 valence electrons. The van der Waals surface area contributed by atoms with Gasteiger partial charge in [0.1, 0.15) is 23.6 Å². The van der Waals surface area contributed by atoms with Gasteiger partial charge in [0.2, 0.25) is 5.75 Å². The van der Waals surface area contributed by atoms with Gasteiger partial charge in [0.15, 0.2) is 0 Å². The van der Waals surface area contributed by atoms with Gasteiger partial charge in [-0.1, -0.05) is 6.07 Å². The Balaban J connectivity index is 1.96. The molecule has 0 fully saturated rings. The summed E-state index contributed by atoms with van der Waals surface area (Å²) >= 11 is 0. The van der Waals surface area contributed by atoms with E-state index in [0.29, 0.717) is 17.0 Å². The van der Waals surface area contributed by atoms with Crippen LogP contribution in [0, 0.1) is 15.9 Å². The summed E-state index contributed by atoms with van der Waals surface area (Å²) in [5.74, 6) is -3.24. The highest BCUT2D eigenvalue weighted by atomic mass is 19.1. The van der Waals surface area contributed by atoms with Crippen molar-refractivity contribution < 1.29 is 32.8 Å². The highest BCUT2D eigenvalue weighted by molar-refractivity contribution is 5.94. The normalized spacial score (nSPS) is 10.6. The molecular formula is C19H12FNO8. The summed E-state index contributed by atoms with van der Waals surface area (Å²) in [4.78, 5) is 45.6. The van der Waals surface area contributed by atoms with E-state index in [1.165, 1.54) is 25.1 Å². The van der Waals surface area contributed by atoms with Crippen molar-refractivity contribution in [1.82, 2.24) is 0 Å². The van der Waals surface area contributed by atoms with Crippen LogP contribution in [-0.2, 0) is 16.1 Å². The molecule has 0 N–H and O–H groups in total. The molecule has 0 radical (unpaired) electrons. The van der Waals surface area contributed by atoms with Crippen molar-refractivity contribution in [3.63, 3.8) is 0 Å². The van der Waals surface area contributed by atoms with E-state index < -0.39 is 45.3 Å². The topological polar surface area (TPSA) is 126 Å². The summed E-state index contributed by atoms with van der Waals surface area (Å²) in [5.41, 5.74) is -1.49. The van der Waals surface area contributed by atoms with Crippen LogP contribution in [0.2, 0.25) is 0 Å². The highest BCUT2D eigenvalue weighted by Crippen LogP contribution is 2.28. The maximum Gasteiger partial charge on any atom is 0.351 e. The number of esters is 2. The lowest BCUT2D eigenvalue weighted by molar-refractivity contribution is -0.385. The molecule has 3 rings (SSSR count). The van der Waals surface area contributed by atoms with E-state index in [4.69, 9.17) is 13.9 Å². The summed E-state index contributed by atoms with van der Waals surface area (Å²) in [6, 6.07) is 8.07. The van der Waals surface area contributed by atoms with E-state index in [1.807, 2.05) is 0 Å². The number of carbonyl (C=O) groups excluding carboxylic acids is 2. The lowest BCUT2D eigenvalue weighted by atomic mass is 10.1. The molecule has 0 saturated carbocycles. The lowest BCUT2D eigenvalue weighted by Gasteiger charge is -2.06. The average Bonchev–Trinajstić information content (AvgIpc) is 2.65. The molecule has 9 nitrogen and oxygen atoms in total. The molecule has 0 saturated heterocycles. The van der Waals surface area contributed by atoms with Gasteiger partial charge < -0.3 is 13.9 Å². The first-order valence-corrected chi connectivity index (χ1v) is 8.11. The van der Waals surface area contributed by atoms with Gasteiger partial charge in [0.25, 0.3) is 0 Å². The minimum absolute atomic E-state index is 0.0281. The Labute approximate surface area is 161 Å². The van der Waals surface area contributed by atoms with Gasteiger partial charge in [0.05, 0.1) is 4.92 Å². The van der Waals surface area contributed by atoms with E-state index in [0.717, 1.165) is 12.1 Å². The minimum atomic E-state index is -1.25. The largest absolute Gasteiger partial charge is 0.461 e. The molecule has 10 heteroatoms. The van der Waals surface area contributed by atoms with Crippen molar-refractivity contribution in [3.8, 4) is 5.75 Å². The van der Waals surface area contributed by atoms with Crippen LogP contribution >= 0.6 is 0 Å². The number of hydrogen-bond acceptors (Lipinski definition) is 8. The van der Waals surface area contributed by atoms with Crippen LogP contribution in [0.25, 0.3) is 11.0 Å². The Kier molecular flexibility index (Phi) is 5.35. The molecule has 1 heterocycles. The first kappa shape index (κ1) is 19.7. The SMILES string of the molecule is CC(=O)OCc1ccc2oc(=O)c(C(=O)Oc3cc(F)ccc3[N+](=O)[O-])cc2c1. The van der Waals surface area contributed by atoms with Crippen molar-refractivity contribution in [1.29, 1.82) is 0 Å². The van der Waals surface area contributed by atoms with Crippen molar-refractivity contribution in [2.24, 2.45) is 0 Å². The first-order valence-electron chi connectivity index (χ1n) is 8.11. The molecule has 29 heavy (non-hydrogen) atoms. The Morgan fingerprint density at radius 3 is 2.62 bits per heavy atom. The molecule has 0 aliphatic rings. The summed E-state index contributed by atoms with van der Waals surface area (Å²) < 4.78 is 28.2. The van der Waals surface area contributed by atoms with Crippen LogP contribution in [0.4, 0.5) is 10.1 Å². The lowest BCUT2D eigenvalue weighted by Crippen LogP contribution is -2.19. The molecule has 0 unspecified atom stereocenters. The Bertz CT molecular complexity index is 1200. The monoisotopic (exact) mass is 401 g/mol. The second-order valence-electron chi connectivity index (χ2n) is 5.86. The van der Waals surface area contributed by atoms with Crippen LogP contribution in [0.15, 0.2) is 51.7 Å². The van der Waals surface area contributed by atoms with Gasteiger partial charge in [-0.25, -0.2) is 14.0 Å². The zero-order chi connectivity index (χ0) is 21.1. The molecule has 2 aromatic carbocycles. The maximum atomic E-state index is 13.4. The Morgan fingerprint density at radius 2 is 1.93 bits per heavy atom. The van der Waals surface area contributed by atoms with E-state index in [2.05, 4.69) is 0 Å². The van der Waals surface area contributed by atoms with Crippen LogP contribution < -0.4 is 10.4 Å². The van der Waals surface area contributed by atoms with Gasteiger partial charge in [-0.2, -0.15) is 0 Å². The number of nitro benzene ring substituents is 1. The molecule has 0 spiro atoms. The second kappa shape index (κ2) is 7.89. The van der Waals surface area contributed by atoms with E-state index in [1.54, 1.807) is 6.07 Å². The summed E-state index contributed by atoms with van der Waals surface area (Å²) in [7, 11) is 0. The average molecular weight is 401 g/mol. The quantitative estimate of drug-likeness (QED) is 0.210. The smallest absolute Gasteiger partial charge is 0.351 e. The third-order valence-electron chi connectivity index (χ3n) is 3.78. The number of carbonyl (C=O) groups is 2. The zero-order valence-corrected chi connectivity index (χ0v) is 14.8. The summed E-state index contributed by atoms with van der Waals surface area (Å²) in [6.07, 6.45) is 0. The molecule has 0 bridgehead atoms. The van der Waals surface area contributed by atoms with Gasteiger partial charge in [0, 0.05) is 24.4 Å². The first-order chi connectivity index (χ1) is 13.7. The van der Waals surface area contributed by atoms with Crippen LogP contribution in [0.3, 0.4) is 0 Å². The van der Waals surface area contributed by atoms with Gasteiger partial charge in [-0.3, -0.25) is 14.9 Å². The number of nitrogens with zero attached hydrogens (tertiary/aromatic N) is 1. The zero-order valence-electron chi connectivity index (χ0n) is 14.8. The van der Waals surface area contributed by atoms with Crippen molar-refractivity contribution in [2.75, 3.05) is 0 Å². The van der Waals surface area contributed by atoms with Crippen LogP contribution in [0.5, 0.6) is 5.75 Å². The van der Waals surface area contributed by atoms with Gasteiger partial charge in [-0.05, 0) is 29.8 Å². The van der Waals surface area contributed by atoms with Gasteiger partial charge in [-0.15, -0.1) is 0 Å². The number of rotatable bonds is 5. The molecule has 0 amide bonds. The van der Waals surface area contributed by atoms with Crippen molar-refractivity contribution in [3.05, 3.63) is 79.9 Å². The number of fused-ring (bicyclic) bond motifs is 1. The summed E-state index contributed by atoms with van der Waals surface area (Å²) in [6.45, 7) is 1.22. The molecule has 0 aliphatic heterocycles. The highest BCUT2D eigenvalue weighted by Gasteiger charge is 2.22. The molecular weight excluding hydrogens is 389 g/mol. The number of hydrogen-bond donors (Lipinski definition) is 0. The van der Waals surface area contributed by atoms with E-state index in [-0.39, 0.29) is 12.2 Å². The number of nitro groups is 1. The van der Waals surface area contributed by atoms with E-state index >= 15 is 0 Å². The standard InChI is InChI=1S/C19H12FNO8/c1-10(22)27-9-11-2-5-16-12(6-11)7-14(18(23)28-16)19(24)29-17-8-13(20)3-4-15(17)21(25)26/h2-8H,9H2,1H3. The minimum Gasteiger partial charge on any atom is -0.461 e. The van der Waals surface area contributed by atoms with Crippen molar-refractivity contribution >= 4 is 28.6 Å². The molecule has 3 aromatic rings. The number of benzene rings is 2. The predicted octanol–water partition coefficient (Wildman–Crippen LogP) is 3.12. The van der Waals surface area contributed by atoms with E-state index in [9.17, 15) is 28.9 Å². The molecule has 0 atom stereocenters. The van der Waals surface area contributed by atoms with Gasteiger partial charge >= 0.3 is 23.3 Å². The molecule has 0 aliphatic carbocycles. The predicted molar refractivity (Wildman–Crippen MR) is 96.0 cm³/mol. The third kappa shape index (κ3) is 4.43. The third-order valence-corrected chi connectivity index (χ3v) is 3.78. The van der Waals surface area contributed by atoms with Crippen LogP contribution in [-0.4, -0.2) is 16.9 Å². The maximum absolute atomic E-state index is 13.4. The summed E-state index contributed by atoms with van der Waals surface area (Å²) in [5, 5.41) is 11.3. The van der Waals surface area contributed by atoms with Crippen LogP contribution in [0.1, 0.15) is 22.8 Å².